The molecule has 1 atom stereocenters. The van der Waals surface area contributed by atoms with Crippen molar-refractivity contribution in [3.05, 3.63) is 48.5 Å². The van der Waals surface area contributed by atoms with Gasteiger partial charge >= 0.3 is 0 Å². The van der Waals surface area contributed by atoms with Gasteiger partial charge in [-0.05, 0) is 31.2 Å². The molecule has 8 heteroatoms. The molecule has 1 aliphatic heterocycles. The van der Waals surface area contributed by atoms with Gasteiger partial charge in [0, 0.05) is 9.79 Å². The second-order valence-electron chi connectivity index (χ2n) is 5.38. The van der Waals surface area contributed by atoms with E-state index in [1.807, 2.05) is 60.4 Å². The minimum atomic E-state index is -0.309. The number of aromatic nitrogens is 2. The second-order valence-corrected chi connectivity index (χ2v) is 9.06. The lowest BCUT2D eigenvalue weighted by Gasteiger charge is -2.32. The van der Waals surface area contributed by atoms with Gasteiger partial charge in [0.2, 0.25) is 11.0 Å². The number of thioether (sulfide) groups is 1. The summed E-state index contributed by atoms with van der Waals surface area (Å²) in [5, 5.41) is 7.91. The highest BCUT2D eigenvalue weighted by molar-refractivity contribution is 8.02. The van der Waals surface area contributed by atoms with E-state index >= 15 is 0 Å². The lowest BCUT2D eigenvalue weighted by Crippen LogP contribution is -2.34. The van der Waals surface area contributed by atoms with E-state index in [1.165, 1.54) is 23.1 Å². The van der Waals surface area contributed by atoms with Crippen molar-refractivity contribution in [1.29, 1.82) is 0 Å². The van der Waals surface area contributed by atoms with Crippen LogP contribution in [0.3, 0.4) is 0 Å². The summed E-state index contributed by atoms with van der Waals surface area (Å²) < 4.78 is 0.700. The van der Waals surface area contributed by atoms with Crippen molar-refractivity contribution in [2.24, 2.45) is 0 Å². The average molecular weight is 387 g/mol. The first-order chi connectivity index (χ1) is 12.1. The summed E-state index contributed by atoms with van der Waals surface area (Å²) in [6, 6.07) is 15.9. The highest BCUT2D eigenvalue weighted by atomic mass is 32.2. The Hall–Kier alpha value is -2.03. The number of carbonyl (C=O) groups excluding carboxylic acids is 1. The van der Waals surface area contributed by atoms with Gasteiger partial charge in [-0.15, -0.1) is 10.2 Å². The molecule has 0 spiro atoms. The van der Waals surface area contributed by atoms with E-state index in [-0.39, 0.29) is 11.2 Å². The maximum Gasteiger partial charge on any atom is 0.244 e. The maximum absolute atomic E-state index is 13.3. The minimum Gasteiger partial charge on any atom is -0.374 e. The molecule has 0 saturated carbocycles. The quantitative estimate of drug-likeness (QED) is 0.671. The van der Waals surface area contributed by atoms with Gasteiger partial charge in [-0.25, -0.2) is 0 Å². The van der Waals surface area contributed by atoms with E-state index in [4.69, 9.17) is 5.73 Å². The van der Waals surface area contributed by atoms with Crippen LogP contribution >= 0.6 is 34.9 Å². The second kappa shape index (κ2) is 6.70. The summed E-state index contributed by atoms with van der Waals surface area (Å²) in [5.41, 5.74) is 7.47. The molecule has 0 fully saturated rings. The number of anilines is 3. The van der Waals surface area contributed by atoms with Crippen molar-refractivity contribution in [1.82, 2.24) is 10.2 Å². The molecular formula is C17H14N4OS3. The number of rotatable bonds is 3. The Balaban J connectivity index is 1.70. The SMILES string of the molecule is C[C@H](Sc1nnc(N)s1)C(=O)N1c2ccccc2Sc2ccccc21. The van der Waals surface area contributed by atoms with Gasteiger partial charge in [-0.2, -0.15) is 0 Å². The zero-order valence-electron chi connectivity index (χ0n) is 13.2. The molecule has 3 aromatic rings. The molecule has 2 heterocycles. The van der Waals surface area contributed by atoms with Crippen LogP contribution in [-0.4, -0.2) is 21.4 Å². The first kappa shape index (κ1) is 16.4. The van der Waals surface area contributed by atoms with Crippen molar-refractivity contribution in [2.75, 3.05) is 10.6 Å². The van der Waals surface area contributed by atoms with Gasteiger partial charge in [0.25, 0.3) is 0 Å². The van der Waals surface area contributed by atoms with E-state index in [0.29, 0.717) is 9.47 Å². The monoisotopic (exact) mass is 386 g/mol. The van der Waals surface area contributed by atoms with Crippen LogP contribution in [0.2, 0.25) is 0 Å². The Labute approximate surface area is 157 Å². The third-order valence-corrected chi connectivity index (χ3v) is 6.75. The van der Waals surface area contributed by atoms with Crippen molar-refractivity contribution >= 4 is 57.3 Å². The Bertz CT molecular complexity index is 897. The predicted molar refractivity (Wildman–Crippen MR) is 104 cm³/mol. The molecule has 0 bridgehead atoms. The highest BCUT2D eigenvalue weighted by Crippen LogP contribution is 2.48. The van der Waals surface area contributed by atoms with E-state index in [9.17, 15) is 4.79 Å². The standard InChI is InChI=1S/C17H14N4OS3/c1-10(23-17-20-19-16(18)25-17)15(22)21-11-6-2-4-8-13(11)24-14-9-5-3-7-12(14)21/h2-10H,1H3,(H2,18,19)/t10-/m0/s1. The number of nitrogens with two attached hydrogens (primary N) is 1. The lowest BCUT2D eigenvalue weighted by molar-refractivity contribution is -0.117. The number of hydrogen-bond acceptors (Lipinski definition) is 7. The molecule has 0 saturated heterocycles. The van der Waals surface area contributed by atoms with Gasteiger partial charge in [0.05, 0.1) is 16.6 Å². The first-order valence-electron chi connectivity index (χ1n) is 7.59. The Kier molecular flexibility index (Phi) is 4.41. The Morgan fingerprint density at radius 2 is 1.68 bits per heavy atom. The van der Waals surface area contributed by atoms with E-state index in [1.54, 1.807) is 11.8 Å². The summed E-state index contributed by atoms with van der Waals surface area (Å²) in [6.07, 6.45) is 0. The molecule has 1 aromatic heterocycles. The molecular weight excluding hydrogens is 372 g/mol. The number of nitrogens with zero attached hydrogens (tertiary/aromatic N) is 3. The highest BCUT2D eigenvalue weighted by Gasteiger charge is 2.31. The number of para-hydroxylation sites is 2. The van der Waals surface area contributed by atoms with E-state index in [2.05, 4.69) is 10.2 Å². The van der Waals surface area contributed by atoms with Crippen molar-refractivity contribution < 1.29 is 4.79 Å². The molecule has 25 heavy (non-hydrogen) atoms. The fourth-order valence-electron chi connectivity index (χ4n) is 2.59. The summed E-state index contributed by atoms with van der Waals surface area (Å²) in [5.74, 6) is 0.0129. The molecule has 4 rings (SSSR count). The van der Waals surface area contributed by atoms with Gasteiger partial charge in [-0.3, -0.25) is 9.69 Å². The normalized spacial score (nSPS) is 13.9. The van der Waals surface area contributed by atoms with Crippen LogP contribution in [0.4, 0.5) is 16.5 Å². The number of carbonyl (C=O) groups is 1. The topological polar surface area (TPSA) is 72.1 Å². The molecule has 2 aromatic carbocycles. The van der Waals surface area contributed by atoms with Crippen LogP contribution < -0.4 is 10.6 Å². The number of benzene rings is 2. The van der Waals surface area contributed by atoms with Gasteiger partial charge in [0.1, 0.15) is 0 Å². The smallest absolute Gasteiger partial charge is 0.244 e. The predicted octanol–water partition coefficient (Wildman–Crippen LogP) is 4.43. The summed E-state index contributed by atoms with van der Waals surface area (Å²) in [7, 11) is 0. The molecule has 0 radical (unpaired) electrons. The van der Waals surface area contributed by atoms with Crippen LogP contribution in [0.5, 0.6) is 0 Å². The summed E-state index contributed by atoms with van der Waals surface area (Å²) >= 11 is 4.36. The van der Waals surface area contributed by atoms with Crippen molar-refractivity contribution in [2.45, 2.75) is 26.3 Å². The van der Waals surface area contributed by atoms with Gasteiger partial charge < -0.3 is 5.73 Å². The molecule has 1 aliphatic rings. The van der Waals surface area contributed by atoms with E-state index < -0.39 is 0 Å². The summed E-state index contributed by atoms with van der Waals surface area (Å²) in [6.45, 7) is 1.89. The zero-order chi connectivity index (χ0) is 17.4. The molecule has 1 amide bonds. The van der Waals surface area contributed by atoms with Crippen LogP contribution in [-0.2, 0) is 4.79 Å². The lowest BCUT2D eigenvalue weighted by atomic mass is 10.2. The fourth-order valence-corrected chi connectivity index (χ4v) is 5.47. The molecule has 2 N–H and O–H groups in total. The van der Waals surface area contributed by atoms with Crippen molar-refractivity contribution in [3.63, 3.8) is 0 Å². The number of hydrogen-bond donors (Lipinski definition) is 1. The molecule has 0 aliphatic carbocycles. The third kappa shape index (κ3) is 3.12. The molecule has 126 valence electrons. The molecule has 0 unspecified atom stereocenters. The average Bonchev–Trinajstić information content (AvgIpc) is 3.03. The Morgan fingerprint density at radius 1 is 1.08 bits per heavy atom. The number of amides is 1. The first-order valence-corrected chi connectivity index (χ1v) is 10.1. The Morgan fingerprint density at radius 3 is 2.24 bits per heavy atom. The van der Waals surface area contributed by atoms with Crippen LogP contribution in [0.1, 0.15) is 6.92 Å². The summed E-state index contributed by atoms with van der Waals surface area (Å²) in [4.78, 5) is 17.2. The van der Waals surface area contributed by atoms with Gasteiger partial charge in [-0.1, -0.05) is 59.1 Å². The van der Waals surface area contributed by atoms with Crippen LogP contribution in [0, 0.1) is 0 Å². The number of nitrogen functional groups attached to an aromatic ring is 1. The third-order valence-electron chi connectivity index (χ3n) is 3.70. The van der Waals surface area contributed by atoms with E-state index in [0.717, 1.165) is 21.2 Å². The van der Waals surface area contributed by atoms with Crippen LogP contribution in [0.15, 0.2) is 62.7 Å². The fraction of sp³-hybridized carbons (Fsp3) is 0.118. The molecule has 5 nitrogen and oxygen atoms in total. The van der Waals surface area contributed by atoms with Crippen LogP contribution in [0.25, 0.3) is 0 Å². The van der Waals surface area contributed by atoms with Gasteiger partial charge in [0.15, 0.2) is 4.34 Å². The largest absolute Gasteiger partial charge is 0.374 e. The maximum atomic E-state index is 13.3. The zero-order valence-corrected chi connectivity index (χ0v) is 15.7. The minimum absolute atomic E-state index is 0.0129. The van der Waals surface area contributed by atoms with Crippen molar-refractivity contribution in [3.8, 4) is 0 Å². The number of fused-ring (bicyclic) bond motifs is 2.